The zero-order chi connectivity index (χ0) is 16.6. The molecule has 3 rings (SSSR count). The number of hydrogen-bond donors (Lipinski definition) is 0. The van der Waals surface area contributed by atoms with Crippen LogP contribution < -0.4 is 4.74 Å². The maximum atomic E-state index is 13.8. The second-order valence-electron chi connectivity index (χ2n) is 4.91. The van der Waals surface area contributed by atoms with Crippen molar-refractivity contribution < 1.29 is 22.3 Å². The summed E-state index contributed by atoms with van der Waals surface area (Å²) in [5.41, 5.74) is -0.901. The number of aromatic nitrogens is 1. The molecule has 0 aliphatic carbocycles. The average molecular weight is 321 g/mol. The van der Waals surface area contributed by atoms with Crippen LogP contribution in [0.2, 0.25) is 0 Å². The Morgan fingerprint density at radius 3 is 2.26 bits per heavy atom. The summed E-state index contributed by atoms with van der Waals surface area (Å²) < 4.78 is 59.4. The highest BCUT2D eigenvalue weighted by Crippen LogP contribution is 2.41. The van der Waals surface area contributed by atoms with Gasteiger partial charge in [-0.1, -0.05) is 12.1 Å². The maximum absolute atomic E-state index is 13.8. The Labute approximate surface area is 129 Å². The lowest BCUT2D eigenvalue weighted by Crippen LogP contribution is -2.10. The molecule has 1 aromatic heterocycles. The third-order valence-electron chi connectivity index (χ3n) is 3.53. The summed E-state index contributed by atoms with van der Waals surface area (Å²) in [5, 5.41) is -0.365. The molecular formula is C17H11F4NO. The van der Waals surface area contributed by atoms with Gasteiger partial charge in [-0.2, -0.15) is 13.2 Å². The van der Waals surface area contributed by atoms with E-state index in [0.29, 0.717) is 5.75 Å². The van der Waals surface area contributed by atoms with Crippen molar-refractivity contribution in [2.75, 3.05) is 7.11 Å². The van der Waals surface area contributed by atoms with Crippen LogP contribution in [0.5, 0.6) is 5.75 Å². The first-order chi connectivity index (χ1) is 10.9. The summed E-state index contributed by atoms with van der Waals surface area (Å²) >= 11 is 0. The maximum Gasteiger partial charge on any atom is 0.419 e. The van der Waals surface area contributed by atoms with Gasteiger partial charge in [0.1, 0.15) is 11.6 Å². The smallest absolute Gasteiger partial charge is 0.419 e. The Bertz CT molecular complexity index is 857. The summed E-state index contributed by atoms with van der Waals surface area (Å²) in [6.45, 7) is 0. The quantitative estimate of drug-likeness (QED) is 0.615. The second kappa shape index (κ2) is 5.53. The summed E-state index contributed by atoms with van der Waals surface area (Å²) in [4.78, 5) is 3.86. The number of methoxy groups -OCH3 is 1. The third-order valence-corrected chi connectivity index (χ3v) is 3.53. The lowest BCUT2D eigenvalue weighted by atomic mass is 9.99. The van der Waals surface area contributed by atoms with Crippen LogP contribution >= 0.6 is 0 Å². The van der Waals surface area contributed by atoms with Crippen LogP contribution in [0.4, 0.5) is 17.6 Å². The zero-order valence-electron chi connectivity index (χ0n) is 12.0. The van der Waals surface area contributed by atoms with Gasteiger partial charge in [0, 0.05) is 22.5 Å². The van der Waals surface area contributed by atoms with Crippen LogP contribution in [0.15, 0.2) is 48.7 Å². The molecule has 0 unspecified atom stereocenters. The van der Waals surface area contributed by atoms with Gasteiger partial charge in [0.05, 0.1) is 18.4 Å². The molecule has 0 N–H and O–H groups in total. The molecule has 0 atom stereocenters. The number of rotatable bonds is 2. The van der Waals surface area contributed by atoms with Crippen LogP contribution in [0.25, 0.3) is 22.0 Å². The number of fused-ring (bicyclic) bond motifs is 1. The third kappa shape index (κ3) is 2.72. The molecule has 1 heterocycles. The normalized spacial score (nSPS) is 11.7. The Kier molecular flexibility index (Phi) is 3.67. The van der Waals surface area contributed by atoms with Crippen LogP contribution in [0, 0.1) is 5.82 Å². The molecule has 0 saturated heterocycles. The number of benzene rings is 2. The molecule has 118 valence electrons. The Morgan fingerprint density at radius 2 is 1.65 bits per heavy atom. The van der Waals surface area contributed by atoms with E-state index < -0.39 is 17.6 Å². The Balaban J connectivity index is 2.32. The molecule has 0 saturated carbocycles. The van der Waals surface area contributed by atoms with Crippen molar-refractivity contribution >= 4 is 10.8 Å². The highest BCUT2D eigenvalue weighted by Gasteiger charge is 2.37. The summed E-state index contributed by atoms with van der Waals surface area (Å²) in [6.07, 6.45) is -3.53. The van der Waals surface area contributed by atoms with Crippen molar-refractivity contribution in [3.8, 4) is 17.0 Å². The fourth-order valence-electron chi connectivity index (χ4n) is 2.46. The molecule has 6 heteroatoms. The average Bonchev–Trinajstić information content (AvgIpc) is 2.53. The Hall–Kier alpha value is -2.63. The number of alkyl halides is 3. The van der Waals surface area contributed by atoms with E-state index in [4.69, 9.17) is 4.74 Å². The standard InChI is InChI=1S/C17H11F4NO/c1-23-11-7-5-10(6-8-11)16-15(17(19,20)21)12-3-2-4-14(18)13(12)9-22-16/h2-9H,1H3. The zero-order valence-corrected chi connectivity index (χ0v) is 12.0. The van der Waals surface area contributed by atoms with Crippen molar-refractivity contribution in [1.29, 1.82) is 0 Å². The van der Waals surface area contributed by atoms with Gasteiger partial charge in [0.25, 0.3) is 0 Å². The van der Waals surface area contributed by atoms with E-state index in [1.807, 2.05) is 0 Å². The van der Waals surface area contributed by atoms with E-state index in [0.717, 1.165) is 12.3 Å². The van der Waals surface area contributed by atoms with Gasteiger partial charge in [0.15, 0.2) is 0 Å². The summed E-state index contributed by atoms with van der Waals surface area (Å²) in [5.74, 6) is -0.212. The minimum absolute atomic E-state index is 0.155. The van der Waals surface area contributed by atoms with Gasteiger partial charge in [-0.3, -0.25) is 4.98 Å². The molecule has 0 fully saturated rings. The lowest BCUT2D eigenvalue weighted by molar-refractivity contribution is -0.136. The first-order valence-corrected chi connectivity index (χ1v) is 6.70. The predicted octanol–water partition coefficient (Wildman–Crippen LogP) is 5.07. The van der Waals surface area contributed by atoms with E-state index in [9.17, 15) is 17.6 Å². The van der Waals surface area contributed by atoms with Gasteiger partial charge in [-0.05, 0) is 30.3 Å². The van der Waals surface area contributed by atoms with E-state index in [1.54, 1.807) is 12.1 Å². The monoisotopic (exact) mass is 321 g/mol. The SMILES string of the molecule is COc1ccc(-c2ncc3c(F)cccc3c2C(F)(F)F)cc1. The molecule has 3 aromatic rings. The molecule has 23 heavy (non-hydrogen) atoms. The van der Waals surface area contributed by atoms with E-state index in [2.05, 4.69) is 4.98 Å². The van der Waals surface area contributed by atoms with E-state index in [1.165, 1.54) is 31.4 Å². The molecule has 0 aliphatic heterocycles. The molecular weight excluding hydrogens is 310 g/mol. The predicted molar refractivity (Wildman–Crippen MR) is 78.7 cm³/mol. The fraction of sp³-hybridized carbons (Fsp3) is 0.118. The van der Waals surface area contributed by atoms with Gasteiger partial charge >= 0.3 is 6.18 Å². The van der Waals surface area contributed by atoms with Gasteiger partial charge in [0.2, 0.25) is 0 Å². The lowest BCUT2D eigenvalue weighted by Gasteiger charge is -2.15. The van der Waals surface area contributed by atoms with Crippen LogP contribution in [-0.2, 0) is 6.18 Å². The first kappa shape index (κ1) is 15.3. The fourth-order valence-corrected chi connectivity index (χ4v) is 2.46. The minimum Gasteiger partial charge on any atom is -0.497 e. The number of nitrogens with zero attached hydrogens (tertiary/aromatic N) is 1. The van der Waals surface area contributed by atoms with E-state index in [-0.39, 0.29) is 22.0 Å². The molecule has 0 amide bonds. The van der Waals surface area contributed by atoms with Crippen LogP contribution in [-0.4, -0.2) is 12.1 Å². The van der Waals surface area contributed by atoms with Gasteiger partial charge in [-0.15, -0.1) is 0 Å². The molecule has 0 radical (unpaired) electrons. The second-order valence-corrected chi connectivity index (χ2v) is 4.91. The topological polar surface area (TPSA) is 22.1 Å². The number of pyridine rings is 1. The molecule has 0 spiro atoms. The minimum atomic E-state index is -4.66. The molecule has 2 nitrogen and oxygen atoms in total. The van der Waals surface area contributed by atoms with Gasteiger partial charge in [-0.25, -0.2) is 4.39 Å². The number of ether oxygens (including phenoxy) is 1. The van der Waals surface area contributed by atoms with Crippen molar-refractivity contribution in [2.24, 2.45) is 0 Å². The highest BCUT2D eigenvalue weighted by molar-refractivity contribution is 5.90. The number of hydrogen-bond acceptors (Lipinski definition) is 2. The van der Waals surface area contributed by atoms with Gasteiger partial charge < -0.3 is 4.74 Å². The summed E-state index contributed by atoms with van der Waals surface area (Å²) in [7, 11) is 1.47. The van der Waals surface area contributed by atoms with Crippen LogP contribution in [0.3, 0.4) is 0 Å². The highest BCUT2D eigenvalue weighted by atomic mass is 19.4. The van der Waals surface area contributed by atoms with Crippen molar-refractivity contribution in [1.82, 2.24) is 4.98 Å². The molecule has 0 aliphatic rings. The van der Waals surface area contributed by atoms with Crippen molar-refractivity contribution in [3.63, 3.8) is 0 Å². The first-order valence-electron chi connectivity index (χ1n) is 6.70. The van der Waals surface area contributed by atoms with Crippen LogP contribution in [0.1, 0.15) is 5.56 Å². The largest absolute Gasteiger partial charge is 0.497 e. The molecule has 0 bridgehead atoms. The van der Waals surface area contributed by atoms with Crippen molar-refractivity contribution in [3.05, 3.63) is 60.0 Å². The Morgan fingerprint density at radius 1 is 0.957 bits per heavy atom. The molecule has 2 aromatic carbocycles. The number of halogens is 4. The van der Waals surface area contributed by atoms with Crippen molar-refractivity contribution in [2.45, 2.75) is 6.18 Å². The van der Waals surface area contributed by atoms with E-state index >= 15 is 0 Å². The summed E-state index contributed by atoms with van der Waals surface area (Å²) in [6, 6.07) is 9.68.